The van der Waals surface area contributed by atoms with E-state index in [-0.39, 0.29) is 19.1 Å². The molecule has 0 saturated carbocycles. The van der Waals surface area contributed by atoms with E-state index in [1.54, 1.807) is 32.3 Å². The number of aliphatic hydroxyl groups excluding tert-OH is 1. The third-order valence-corrected chi connectivity index (χ3v) is 3.83. The summed E-state index contributed by atoms with van der Waals surface area (Å²) in [6.45, 7) is 0.434. The number of amides is 1. The van der Waals surface area contributed by atoms with Crippen LogP contribution in [0.2, 0.25) is 5.02 Å². The molecule has 2 N–H and O–H groups in total. The minimum absolute atomic E-state index is 0.00916. The number of rotatable bonds is 7. The van der Waals surface area contributed by atoms with E-state index in [1.807, 2.05) is 24.3 Å². The Morgan fingerprint density at radius 3 is 2.71 bits per heavy atom. The lowest BCUT2D eigenvalue weighted by molar-refractivity contribution is -0.130. The van der Waals surface area contributed by atoms with E-state index in [2.05, 4.69) is 5.32 Å². The summed E-state index contributed by atoms with van der Waals surface area (Å²) in [7, 11) is 3.38. The van der Waals surface area contributed by atoms with Crippen LogP contribution in [0.5, 0.6) is 5.75 Å². The minimum atomic E-state index is -0.101. The van der Waals surface area contributed by atoms with Gasteiger partial charge in [0.25, 0.3) is 5.91 Å². The van der Waals surface area contributed by atoms with Crippen molar-refractivity contribution in [2.45, 2.75) is 13.2 Å². The zero-order valence-electron chi connectivity index (χ0n) is 13.8. The van der Waals surface area contributed by atoms with Crippen LogP contribution in [0.4, 0.5) is 5.69 Å². The molecule has 128 valence electrons. The molecule has 2 aromatic rings. The van der Waals surface area contributed by atoms with Crippen LogP contribution >= 0.6 is 11.6 Å². The van der Waals surface area contributed by atoms with Gasteiger partial charge in [-0.05, 0) is 23.8 Å². The van der Waals surface area contributed by atoms with Gasteiger partial charge in [-0.1, -0.05) is 35.9 Å². The quantitative estimate of drug-likeness (QED) is 0.807. The van der Waals surface area contributed by atoms with Gasteiger partial charge in [0.05, 0.1) is 17.3 Å². The second-order valence-electron chi connectivity index (χ2n) is 5.51. The van der Waals surface area contributed by atoms with Crippen molar-refractivity contribution in [2.75, 3.05) is 26.0 Å². The van der Waals surface area contributed by atoms with Crippen molar-refractivity contribution in [3.8, 4) is 5.75 Å². The van der Waals surface area contributed by atoms with Crippen molar-refractivity contribution < 1.29 is 14.6 Å². The van der Waals surface area contributed by atoms with Crippen molar-refractivity contribution >= 4 is 23.2 Å². The number of para-hydroxylation sites is 1. The Bertz CT molecular complexity index is 704. The molecule has 24 heavy (non-hydrogen) atoms. The fraction of sp³-hybridized carbons (Fsp3) is 0.278. The van der Waals surface area contributed by atoms with Crippen LogP contribution in [-0.2, 0) is 17.9 Å². The first-order valence-electron chi connectivity index (χ1n) is 7.55. The predicted molar refractivity (Wildman–Crippen MR) is 95.3 cm³/mol. The first-order valence-corrected chi connectivity index (χ1v) is 7.93. The number of likely N-dealkylation sites (N-methyl/N-ethyl adjacent to an activating group) is 1. The van der Waals surface area contributed by atoms with E-state index in [4.69, 9.17) is 16.3 Å². The lowest BCUT2D eigenvalue weighted by atomic mass is 10.1. The molecule has 5 nitrogen and oxygen atoms in total. The maximum atomic E-state index is 11.7. The van der Waals surface area contributed by atoms with Gasteiger partial charge in [-0.15, -0.1) is 0 Å². The predicted octanol–water partition coefficient (Wildman–Crippen LogP) is 2.91. The number of carbonyl (C=O) groups is 1. The van der Waals surface area contributed by atoms with Gasteiger partial charge in [-0.3, -0.25) is 4.79 Å². The second kappa shape index (κ2) is 8.57. The Hall–Kier alpha value is -2.24. The monoisotopic (exact) mass is 348 g/mol. The first kappa shape index (κ1) is 18.1. The van der Waals surface area contributed by atoms with Gasteiger partial charge < -0.3 is 20.1 Å². The molecule has 0 heterocycles. The number of nitrogens with zero attached hydrogens (tertiary/aromatic N) is 1. The average molecular weight is 349 g/mol. The average Bonchev–Trinajstić information content (AvgIpc) is 2.59. The molecule has 0 fully saturated rings. The molecule has 0 aromatic heterocycles. The first-order chi connectivity index (χ1) is 11.5. The Balaban J connectivity index is 2.06. The van der Waals surface area contributed by atoms with Crippen LogP contribution < -0.4 is 10.1 Å². The van der Waals surface area contributed by atoms with Crippen molar-refractivity contribution in [3.63, 3.8) is 0 Å². The van der Waals surface area contributed by atoms with E-state index in [0.717, 1.165) is 16.8 Å². The number of benzene rings is 2. The van der Waals surface area contributed by atoms with Crippen molar-refractivity contribution in [1.82, 2.24) is 4.90 Å². The number of hydrogen-bond acceptors (Lipinski definition) is 4. The Morgan fingerprint density at radius 1 is 1.25 bits per heavy atom. The standard InChI is InChI=1S/C18H21ClN2O3/c1-21(2)18(23)12-24-17-6-4-3-5-14(17)10-20-16-9-13(11-22)7-8-15(16)19/h3-9,20,22H,10-12H2,1-2H3. The van der Waals surface area contributed by atoms with Gasteiger partial charge >= 0.3 is 0 Å². The summed E-state index contributed by atoms with van der Waals surface area (Å²) < 4.78 is 5.62. The number of aliphatic hydroxyl groups is 1. The molecule has 0 radical (unpaired) electrons. The Kier molecular flexibility index (Phi) is 6.46. The third kappa shape index (κ3) is 4.88. The Labute approximate surface area is 146 Å². The normalized spacial score (nSPS) is 10.3. The van der Waals surface area contributed by atoms with E-state index in [1.165, 1.54) is 4.90 Å². The zero-order chi connectivity index (χ0) is 17.5. The number of hydrogen-bond donors (Lipinski definition) is 2. The SMILES string of the molecule is CN(C)C(=O)COc1ccccc1CNc1cc(CO)ccc1Cl. The number of carbonyl (C=O) groups excluding carboxylic acids is 1. The summed E-state index contributed by atoms with van der Waals surface area (Å²) in [5.74, 6) is 0.547. The summed E-state index contributed by atoms with van der Waals surface area (Å²) in [6.07, 6.45) is 0. The van der Waals surface area contributed by atoms with Crippen LogP contribution in [0.25, 0.3) is 0 Å². The highest BCUT2D eigenvalue weighted by atomic mass is 35.5. The number of nitrogens with one attached hydrogen (secondary N) is 1. The van der Waals surface area contributed by atoms with Gasteiger partial charge in [0.2, 0.25) is 0 Å². The molecule has 0 saturated heterocycles. The summed E-state index contributed by atoms with van der Waals surface area (Å²) >= 11 is 6.17. The van der Waals surface area contributed by atoms with Gasteiger partial charge in [0.1, 0.15) is 5.75 Å². The summed E-state index contributed by atoms with van der Waals surface area (Å²) in [5, 5.41) is 13.0. The highest BCUT2D eigenvalue weighted by Crippen LogP contribution is 2.25. The molecule has 0 spiro atoms. The molecule has 0 aliphatic carbocycles. The van der Waals surface area contributed by atoms with Crippen molar-refractivity contribution in [1.29, 1.82) is 0 Å². The molecule has 0 aliphatic heterocycles. The minimum Gasteiger partial charge on any atom is -0.483 e. The summed E-state index contributed by atoms with van der Waals surface area (Å²) in [6, 6.07) is 12.8. The molecule has 0 atom stereocenters. The zero-order valence-corrected chi connectivity index (χ0v) is 14.5. The molecule has 0 bridgehead atoms. The van der Waals surface area contributed by atoms with Crippen LogP contribution in [-0.4, -0.2) is 36.6 Å². The lowest BCUT2D eigenvalue weighted by Gasteiger charge is -2.15. The highest BCUT2D eigenvalue weighted by molar-refractivity contribution is 6.33. The molecule has 6 heteroatoms. The maximum Gasteiger partial charge on any atom is 0.259 e. The Morgan fingerprint density at radius 2 is 2.00 bits per heavy atom. The largest absolute Gasteiger partial charge is 0.483 e. The molecule has 2 rings (SSSR count). The van der Waals surface area contributed by atoms with Gasteiger partial charge in [0, 0.05) is 26.2 Å². The fourth-order valence-electron chi connectivity index (χ4n) is 2.06. The maximum absolute atomic E-state index is 11.7. The molecular weight excluding hydrogens is 328 g/mol. The van der Waals surface area contributed by atoms with E-state index < -0.39 is 0 Å². The van der Waals surface area contributed by atoms with Gasteiger partial charge in [0.15, 0.2) is 6.61 Å². The van der Waals surface area contributed by atoms with Crippen LogP contribution in [0.3, 0.4) is 0 Å². The van der Waals surface area contributed by atoms with Crippen LogP contribution in [0, 0.1) is 0 Å². The molecule has 2 aromatic carbocycles. The number of ether oxygens (including phenoxy) is 1. The van der Waals surface area contributed by atoms with E-state index in [0.29, 0.717) is 17.3 Å². The molecule has 0 aliphatic rings. The number of anilines is 1. The summed E-state index contributed by atoms with van der Waals surface area (Å²) in [5.41, 5.74) is 2.43. The summed E-state index contributed by atoms with van der Waals surface area (Å²) in [4.78, 5) is 13.2. The van der Waals surface area contributed by atoms with Crippen molar-refractivity contribution in [3.05, 3.63) is 58.6 Å². The van der Waals surface area contributed by atoms with Crippen molar-refractivity contribution in [2.24, 2.45) is 0 Å². The fourth-order valence-corrected chi connectivity index (χ4v) is 2.24. The second-order valence-corrected chi connectivity index (χ2v) is 5.92. The molecule has 0 unspecified atom stereocenters. The van der Waals surface area contributed by atoms with Crippen LogP contribution in [0.1, 0.15) is 11.1 Å². The van der Waals surface area contributed by atoms with E-state index in [9.17, 15) is 9.90 Å². The molecular formula is C18H21ClN2O3. The molecule has 1 amide bonds. The number of halogens is 1. The van der Waals surface area contributed by atoms with E-state index >= 15 is 0 Å². The highest BCUT2D eigenvalue weighted by Gasteiger charge is 2.09. The van der Waals surface area contributed by atoms with Crippen LogP contribution in [0.15, 0.2) is 42.5 Å². The topological polar surface area (TPSA) is 61.8 Å². The van der Waals surface area contributed by atoms with Gasteiger partial charge in [-0.2, -0.15) is 0 Å². The smallest absolute Gasteiger partial charge is 0.259 e. The third-order valence-electron chi connectivity index (χ3n) is 3.51. The van der Waals surface area contributed by atoms with Gasteiger partial charge in [-0.25, -0.2) is 0 Å². The lowest BCUT2D eigenvalue weighted by Crippen LogP contribution is -2.27.